The first kappa shape index (κ1) is 15.3. The highest BCUT2D eigenvalue weighted by Crippen LogP contribution is 2.27. The molecule has 3 rings (SSSR count). The molecular weight excluding hydrogens is 294 g/mol. The largest absolute Gasteiger partial charge is 0.480 e. The quantitative estimate of drug-likeness (QED) is 0.938. The fraction of sp³-hybridized carbons (Fsp3) is 0.353. The molecule has 2 heterocycles. The third kappa shape index (κ3) is 2.72. The fourth-order valence-corrected chi connectivity index (χ4v) is 3.05. The summed E-state index contributed by atoms with van der Waals surface area (Å²) in [5, 5.41) is 10.2. The molecule has 1 aliphatic heterocycles. The van der Waals surface area contributed by atoms with Gasteiger partial charge in [-0.1, -0.05) is 18.2 Å². The molecule has 1 atom stereocenters. The topological polar surface area (TPSA) is 73.7 Å². The molecule has 1 aliphatic rings. The van der Waals surface area contributed by atoms with E-state index in [-0.39, 0.29) is 5.91 Å². The number of hydrogen-bond donors (Lipinski definition) is 1. The summed E-state index contributed by atoms with van der Waals surface area (Å²) < 4.78 is 0. The van der Waals surface area contributed by atoms with Crippen LogP contribution in [0.3, 0.4) is 0 Å². The number of carboxylic acid groups (broad SMARTS) is 1. The van der Waals surface area contributed by atoms with E-state index >= 15 is 0 Å². The lowest BCUT2D eigenvalue weighted by atomic mass is 10.1. The van der Waals surface area contributed by atoms with Crippen LogP contribution in [0.15, 0.2) is 30.3 Å². The maximum absolute atomic E-state index is 12.8. The van der Waals surface area contributed by atoms with Crippen molar-refractivity contribution in [3.05, 3.63) is 36.0 Å². The Morgan fingerprint density at radius 3 is 2.74 bits per heavy atom. The number of hydrogen-bond acceptors (Lipinski definition) is 4. The van der Waals surface area contributed by atoms with Gasteiger partial charge in [-0.15, -0.1) is 0 Å². The minimum atomic E-state index is -0.954. The molecule has 1 fully saturated rings. The van der Waals surface area contributed by atoms with Gasteiger partial charge >= 0.3 is 5.97 Å². The lowest BCUT2D eigenvalue weighted by Gasteiger charge is -2.22. The van der Waals surface area contributed by atoms with Gasteiger partial charge in [0.1, 0.15) is 11.7 Å². The average molecular weight is 313 g/mol. The third-order valence-corrected chi connectivity index (χ3v) is 4.19. The average Bonchev–Trinajstić information content (AvgIpc) is 3.02. The normalized spacial score (nSPS) is 17.5. The number of benzene rings is 1. The number of aliphatic carboxylic acids is 1. The summed E-state index contributed by atoms with van der Waals surface area (Å²) in [4.78, 5) is 31.9. The van der Waals surface area contributed by atoms with Crippen LogP contribution in [0, 0.1) is 0 Å². The molecule has 6 nitrogen and oxygen atoms in total. The minimum Gasteiger partial charge on any atom is -0.480 e. The number of likely N-dealkylation sites (tertiary alicyclic amines) is 1. The Hall–Kier alpha value is -2.63. The summed E-state index contributed by atoms with van der Waals surface area (Å²) in [6.07, 6.45) is 1.20. The summed E-state index contributed by atoms with van der Waals surface area (Å²) in [5.74, 6) is -1.27. The van der Waals surface area contributed by atoms with Crippen LogP contribution in [0.25, 0.3) is 10.9 Å². The molecule has 1 aromatic heterocycles. The molecule has 6 heteroatoms. The predicted octanol–water partition coefficient (Wildman–Crippen LogP) is 1.99. The van der Waals surface area contributed by atoms with E-state index in [2.05, 4.69) is 4.98 Å². The highest BCUT2D eigenvalue weighted by Gasteiger charge is 2.35. The van der Waals surface area contributed by atoms with Crippen molar-refractivity contribution in [2.24, 2.45) is 0 Å². The first-order chi connectivity index (χ1) is 11.0. The second kappa shape index (κ2) is 5.87. The molecule has 1 aromatic carbocycles. The Labute approximate surface area is 134 Å². The predicted molar refractivity (Wildman–Crippen MR) is 87.8 cm³/mol. The Morgan fingerprint density at radius 1 is 1.30 bits per heavy atom. The van der Waals surface area contributed by atoms with Crippen molar-refractivity contribution >= 4 is 28.5 Å². The zero-order valence-electron chi connectivity index (χ0n) is 13.2. The zero-order valence-corrected chi connectivity index (χ0v) is 13.2. The maximum atomic E-state index is 12.8. The van der Waals surface area contributed by atoms with Crippen LogP contribution in [0.2, 0.25) is 0 Å². The number of fused-ring (bicyclic) bond motifs is 1. The van der Waals surface area contributed by atoms with E-state index in [1.165, 1.54) is 4.90 Å². The van der Waals surface area contributed by atoms with Crippen LogP contribution >= 0.6 is 0 Å². The van der Waals surface area contributed by atoms with E-state index in [1.54, 1.807) is 6.07 Å². The second-order valence-corrected chi connectivity index (χ2v) is 5.93. The summed E-state index contributed by atoms with van der Waals surface area (Å²) in [6.45, 7) is 0.460. The Morgan fingerprint density at radius 2 is 2.04 bits per heavy atom. The fourth-order valence-electron chi connectivity index (χ4n) is 3.05. The van der Waals surface area contributed by atoms with E-state index in [1.807, 2.05) is 43.3 Å². The lowest BCUT2D eigenvalue weighted by Crippen LogP contribution is -2.40. The maximum Gasteiger partial charge on any atom is 0.326 e. The number of carbonyl (C=O) groups excluding carboxylic acids is 1. The van der Waals surface area contributed by atoms with Crippen LogP contribution in [-0.2, 0) is 4.79 Å². The van der Waals surface area contributed by atoms with Crippen LogP contribution in [-0.4, -0.2) is 53.5 Å². The summed E-state index contributed by atoms with van der Waals surface area (Å²) in [6, 6.07) is 8.61. The monoisotopic (exact) mass is 313 g/mol. The van der Waals surface area contributed by atoms with Crippen molar-refractivity contribution in [2.75, 3.05) is 25.5 Å². The van der Waals surface area contributed by atoms with E-state index in [9.17, 15) is 14.7 Å². The van der Waals surface area contributed by atoms with Gasteiger partial charge in [-0.3, -0.25) is 4.79 Å². The van der Waals surface area contributed by atoms with Crippen LogP contribution in [0.4, 0.5) is 5.69 Å². The van der Waals surface area contributed by atoms with Gasteiger partial charge < -0.3 is 14.9 Å². The Kier molecular flexibility index (Phi) is 3.90. The molecule has 0 aliphatic carbocycles. The van der Waals surface area contributed by atoms with Gasteiger partial charge in [0.15, 0.2) is 0 Å². The number of carboxylic acids is 1. The number of para-hydroxylation sites is 1. The van der Waals surface area contributed by atoms with Gasteiger partial charge in [0.2, 0.25) is 0 Å². The summed E-state index contributed by atoms with van der Waals surface area (Å²) in [5.41, 5.74) is 1.92. The number of nitrogens with zero attached hydrogens (tertiary/aromatic N) is 3. The van der Waals surface area contributed by atoms with Gasteiger partial charge in [-0.25, -0.2) is 9.78 Å². The lowest BCUT2D eigenvalue weighted by molar-refractivity contribution is -0.141. The highest BCUT2D eigenvalue weighted by atomic mass is 16.4. The van der Waals surface area contributed by atoms with Crippen LogP contribution in [0.1, 0.15) is 23.3 Å². The summed E-state index contributed by atoms with van der Waals surface area (Å²) in [7, 11) is 3.82. The van der Waals surface area contributed by atoms with Gasteiger partial charge in [0.25, 0.3) is 5.91 Å². The zero-order chi connectivity index (χ0) is 16.6. The van der Waals surface area contributed by atoms with Crippen molar-refractivity contribution in [1.82, 2.24) is 9.88 Å². The molecule has 0 saturated carbocycles. The standard InChI is InChI=1S/C17H19N3O3/c1-19(2)15-10-13(18-12-7-4-3-6-11(12)15)16(21)20-9-5-8-14(20)17(22)23/h3-4,6-7,10,14H,5,8-9H2,1-2H3,(H,22,23). The number of aromatic nitrogens is 1. The summed E-state index contributed by atoms with van der Waals surface area (Å²) >= 11 is 0. The first-order valence-corrected chi connectivity index (χ1v) is 7.60. The van der Waals surface area contributed by atoms with E-state index in [0.29, 0.717) is 25.1 Å². The van der Waals surface area contributed by atoms with E-state index < -0.39 is 12.0 Å². The molecule has 120 valence electrons. The van der Waals surface area contributed by atoms with Crippen molar-refractivity contribution < 1.29 is 14.7 Å². The number of anilines is 1. The molecule has 1 unspecified atom stereocenters. The molecule has 2 aromatic rings. The third-order valence-electron chi connectivity index (χ3n) is 4.19. The number of pyridine rings is 1. The van der Waals surface area contributed by atoms with Crippen LogP contribution in [0.5, 0.6) is 0 Å². The molecular formula is C17H19N3O3. The molecule has 0 bridgehead atoms. The Balaban J connectivity index is 2.06. The van der Waals surface area contributed by atoms with E-state index in [4.69, 9.17) is 0 Å². The van der Waals surface area contributed by atoms with Crippen LogP contribution < -0.4 is 4.90 Å². The number of rotatable bonds is 3. The molecule has 0 radical (unpaired) electrons. The molecule has 23 heavy (non-hydrogen) atoms. The van der Waals surface area contributed by atoms with Gasteiger partial charge in [-0.05, 0) is 25.0 Å². The highest BCUT2D eigenvalue weighted by molar-refractivity contribution is 6.01. The van der Waals surface area contributed by atoms with Crippen molar-refractivity contribution in [2.45, 2.75) is 18.9 Å². The number of carbonyl (C=O) groups is 2. The smallest absolute Gasteiger partial charge is 0.326 e. The Bertz CT molecular complexity index is 773. The van der Waals surface area contributed by atoms with Gasteiger partial charge in [0, 0.05) is 31.7 Å². The molecule has 1 saturated heterocycles. The van der Waals surface area contributed by atoms with Crippen molar-refractivity contribution in [3.8, 4) is 0 Å². The second-order valence-electron chi connectivity index (χ2n) is 5.93. The molecule has 0 spiro atoms. The minimum absolute atomic E-state index is 0.292. The van der Waals surface area contributed by atoms with E-state index in [0.717, 1.165) is 16.6 Å². The van der Waals surface area contributed by atoms with Crippen molar-refractivity contribution in [1.29, 1.82) is 0 Å². The molecule has 1 amide bonds. The van der Waals surface area contributed by atoms with Gasteiger partial charge in [0.05, 0.1) is 5.52 Å². The molecule has 1 N–H and O–H groups in total. The van der Waals surface area contributed by atoms with Gasteiger partial charge in [-0.2, -0.15) is 0 Å². The van der Waals surface area contributed by atoms with Crippen molar-refractivity contribution in [3.63, 3.8) is 0 Å². The first-order valence-electron chi connectivity index (χ1n) is 7.60. The SMILES string of the molecule is CN(C)c1cc(C(=O)N2CCCC2C(=O)O)nc2ccccc12. The number of amides is 1.